The Morgan fingerprint density at radius 2 is 1.64 bits per heavy atom. The highest BCUT2D eigenvalue weighted by molar-refractivity contribution is 7.99. The molecule has 0 aliphatic rings. The molecule has 28 heavy (non-hydrogen) atoms. The molecule has 0 spiro atoms. The molecule has 1 aromatic heterocycles. The molecule has 2 aromatic carbocycles. The highest BCUT2D eigenvalue weighted by atomic mass is 32.2. The largest absolute Gasteiger partial charge is 0.325 e. The molecule has 3 rings (SSSR count). The van der Waals surface area contributed by atoms with Gasteiger partial charge in [-0.05, 0) is 86.7 Å². The SMILES string of the molecule is Cc1cc(C)c(-c2ccc(SCC(=O)Nc3cccc(C)c3C)nn2)cc1C. The maximum absolute atomic E-state index is 12.3. The van der Waals surface area contributed by atoms with E-state index in [1.54, 1.807) is 0 Å². The fourth-order valence-electron chi connectivity index (χ4n) is 2.99. The molecule has 0 fully saturated rings. The molecule has 0 saturated carbocycles. The second-order valence-electron chi connectivity index (χ2n) is 7.09. The molecule has 0 aliphatic carbocycles. The summed E-state index contributed by atoms with van der Waals surface area (Å²) < 4.78 is 0. The van der Waals surface area contributed by atoms with Crippen LogP contribution in [0.2, 0.25) is 0 Å². The van der Waals surface area contributed by atoms with E-state index in [-0.39, 0.29) is 5.91 Å². The lowest BCUT2D eigenvalue weighted by atomic mass is 9.99. The first-order valence-electron chi connectivity index (χ1n) is 9.26. The molecule has 4 nitrogen and oxygen atoms in total. The molecule has 0 radical (unpaired) electrons. The van der Waals surface area contributed by atoms with Crippen molar-refractivity contribution >= 4 is 23.4 Å². The maximum Gasteiger partial charge on any atom is 0.234 e. The smallest absolute Gasteiger partial charge is 0.234 e. The van der Waals surface area contributed by atoms with Crippen LogP contribution in [0.3, 0.4) is 0 Å². The Hall–Kier alpha value is -2.66. The van der Waals surface area contributed by atoms with E-state index in [0.29, 0.717) is 5.75 Å². The molecule has 0 bridgehead atoms. The van der Waals surface area contributed by atoms with E-state index in [1.807, 2.05) is 44.2 Å². The van der Waals surface area contributed by atoms with Crippen molar-refractivity contribution in [2.24, 2.45) is 0 Å². The monoisotopic (exact) mass is 391 g/mol. The van der Waals surface area contributed by atoms with E-state index in [9.17, 15) is 4.79 Å². The molecule has 0 unspecified atom stereocenters. The molecular weight excluding hydrogens is 366 g/mol. The molecule has 144 valence electrons. The average Bonchev–Trinajstić information content (AvgIpc) is 2.67. The summed E-state index contributed by atoms with van der Waals surface area (Å²) in [6, 6.07) is 14.1. The van der Waals surface area contributed by atoms with Crippen LogP contribution in [0.5, 0.6) is 0 Å². The number of hydrogen-bond acceptors (Lipinski definition) is 4. The first-order valence-corrected chi connectivity index (χ1v) is 10.2. The van der Waals surface area contributed by atoms with E-state index in [2.05, 4.69) is 48.4 Å². The second-order valence-corrected chi connectivity index (χ2v) is 8.09. The minimum Gasteiger partial charge on any atom is -0.325 e. The van der Waals surface area contributed by atoms with Crippen molar-refractivity contribution < 1.29 is 4.79 Å². The summed E-state index contributed by atoms with van der Waals surface area (Å²) in [5.74, 6) is 0.249. The predicted molar refractivity (Wildman–Crippen MR) is 117 cm³/mol. The molecule has 1 amide bonds. The molecule has 0 saturated heterocycles. The number of anilines is 1. The van der Waals surface area contributed by atoms with Crippen LogP contribution < -0.4 is 5.32 Å². The first kappa shape index (κ1) is 20.1. The van der Waals surface area contributed by atoms with Crippen molar-refractivity contribution in [3.8, 4) is 11.3 Å². The lowest BCUT2D eigenvalue weighted by molar-refractivity contribution is -0.113. The van der Waals surface area contributed by atoms with Gasteiger partial charge in [0, 0.05) is 11.3 Å². The minimum absolute atomic E-state index is 0.0467. The normalized spacial score (nSPS) is 10.8. The van der Waals surface area contributed by atoms with Gasteiger partial charge in [-0.25, -0.2) is 0 Å². The molecule has 1 N–H and O–H groups in total. The topological polar surface area (TPSA) is 54.9 Å². The van der Waals surface area contributed by atoms with Crippen LogP contribution in [0, 0.1) is 34.6 Å². The number of benzene rings is 2. The van der Waals surface area contributed by atoms with Crippen LogP contribution in [-0.2, 0) is 4.79 Å². The number of aromatic nitrogens is 2. The Balaban J connectivity index is 1.64. The lowest BCUT2D eigenvalue weighted by Crippen LogP contribution is -2.15. The zero-order chi connectivity index (χ0) is 20.3. The Morgan fingerprint density at radius 3 is 2.36 bits per heavy atom. The number of hydrogen-bond donors (Lipinski definition) is 1. The number of nitrogens with zero attached hydrogens (tertiary/aromatic N) is 2. The standard InChI is InChI=1S/C23H25N3OS/c1-14-7-6-8-20(18(14)5)24-22(27)13-28-23-10-9-21(25-26-23)19-12-16(3)15(2)11-17(19)4/h6-12H,13H2,1-5H3,(H,24,27). The third-order valence-corrected chi connectivity index (χ3v) is 5.91. The number of carbonyl (C=O) groups is 1. The van der Waals surface area contributed by atoms with Crippen molar-refractivity contribution in [2.45, 2.75) is 39.6 Å². The fraction of sp³-hybridized carbons (Fsp3) is 0.261. The van der Waals surface area contributed by atoms with Gasteiger partial charge in [-0.2, -0.15) is 0 Å². The highest BCUT2D eigenvalue weighted by Gasteiger charge is 2.10. The van der Waals surface area contributed by atoms with Crippen LogP contribution in [0.4, 0.5) is 5.69 Å². The van der Waals surface area contributed by atoms with E-state index in [0.717, 1.165) is 33.1 Å². The predicted octanol–water partition coefficient (Wildman–Crippen LogP) is 5.42. The molecule has 3 aromatic rings. The second kappa shape index (κ2) is 8.57. The van der Waals surface area contributed by atoms with Crippen molar-refractivity contribution in [3.63, 3.8) is 0 Å². The summed E-state index contributed by atoms with van der Waals surface area (Å²) in [4.78, 5) is 12.3. The van der Waals surface area contributed by atoms with E-state index in [1.165, 1.54) is 28.5 Å². The Kier molecular flexibility index (Phi) is 6.15. The van der Waals surface area contributed by atoms with Gasteiger partial charge in [0.1, 0.15) is 5.03 Å². The van der Waals surface area contributed by atoms with Crippen molar-refractivity contribution in [1.82, 2.24) is 10.2 Å². The molecular formula is C23H25N3OS. The van der Waals surface area contributed by atoms with E-state index < -0.39 is 0 Å². The van der Waals surface area contributed by atoms with Gasteiger partial charge in [0.25, 0.3) is 0 Å². The maximum atomic E-state index is 12.3. The average molecular weight is 392 g/mol. The summed E-state index contributed by atoms with van der Waals surface area (Å²) >= 11 is 1.39. The summed E-state index contributed by atoms with van der Waals surface area (Å²) in [7, 11) is 0. The number of aryl methyl sites for hydroxylation is 4. The van der Waals surface area contributed by atoms with Gasteiger partial charge in [0.15, 0.2) is 0 Å². The highest BCUT2D eigenvalue weighted by Crippen LogP contribution is 2.26. The molecule has 0 atom stereocenters. The van der Waals surface area contributed by atoms with Gasteiger partial charge >= 0.3 is 0 Å². The third kappa shape index (κ3) is 4.60. The van der Waals surface area contributed by atoms with Crippen molar-refractivity contribution in [2.75, 3.05) is 11.1 Å². The number of nitrogens with one attached hydrogen (secondary N) is 1. The van der Waals surface area contributed by atoms with Crippen molar-refractivity contribution in [1.29, 1.82) is 0 Å². The first-order chi connectivity index (χ1) is 13.3. The summed E-state index contributed by atoms with van der Waals surface area (Å²) in [6.07, 6.45) is 0. The summed E-state index contributed by atoms with van der Waals surface area (Å²) in [5, 5.41) is 12.4. The Morgan fingerprint density at radius 1 is 0.893 bits per heavy atom. The third-order valence-electron chi connectivity index (χ3n) is 4.99. The number of amides is 1. The zero-order valence-corrected chi connectivity index (χ0v) is 17.8. The van der Waals surface area contributed by atoms with E-state index in [4.69, 9.17) is 0 Å². The number of carbonyl (C=O) groups excluding carboxylic acids is 1. The number of thioether (sulfide) groups is 1. The number of rotatable bonds is 5. The Bertz CT molecular complexity index is 1010. The van der Waals surface area contributed by atoms with Crippen LogP contribution in [0.1, 0.15) is 27.8 Å². The minimum atomic E-state index is -0.0467. The fourth-order valence-corrected chi connectivity index (χ4v) is 3.60. The molecule has 0 aliphatic heterocycles. The van der Waals surface area contributed by atoms with Gasteiger partial charge in [0.2, 0.25) is 5.91 Å². The van der Waals surface area contributed by atoms with Gasteiger partial charge in [-0.15, -0.1) is 10.2 Å². The Labute approximate surface area is 170 Å². The van der Waals surface area contributed by atoms with Crippen molar-refractivity contribution in [3.05, 3.63) is 70.3 Å². The van der Waals surface area contributed by atoms with Gasteiger partial charge in [-0.3, -0.25) is 4.79 Å². The zero-order valence-electron chi connectivity index (χ0n) is 17.0. The van der Waals surface area contributed by atoms with Crippen LogP contribution in [0.15, 0.2) is 47.5 Å². The van der Waals surface area contributed by atoms with E-state index >= 15 is 0 Å². The molecule has 1 heterocycles. The van der Waals surface area contributed by atoms with Crippen LogP contribution in [-0.4, -0.2) is 21.9 Å². The lowest BCUT2D eigenvalue weighted by Gasteiger charge is -2.10. The van der Waals surface area contributed by atoms with Gasteiger partial charge < -0.3 is 5.32 Å². The quantitative estimate of drug-likeness (QED) is 0.590. The van der Waals surface area contributed by atoms with Crippen LogP contribution in [0.25, 0.3) is 11.3 Å². The summed E-state index contributed by atoms with van der Waals surface area (Å²) in [5.41, 5.74) is 8.76. The van der Waals surface area contributed by atoms with Gasteiger partial charge in [-0.1, -0.05) is 30.0 Å². The summed E-state index contributed by atoms with van der Waals surface area (Å²) in [6.45, 7) is 10.3. The van der Waals surface area contributed by atoms with Crippen LogP contribution >= 0.6 is 11.8 Å². The van der Waals surface area contributed by atoms with Gasteiger partial charge in [0.05, 0.1) is 11.4 Å². The molecule has 5 heteroatoms.